The van der Waals surface area contributed by atoms with E-state index in [0.717, 1.165) is 10.5 Å². The maximum atomic E-state index is 13.2. The van der Waals surface area contributed by atoms with Gasteiger partial charge in [-0.05, 0) is 30.3 Å². The van der Waals surface area contributed by atoms with Gasteiger partial charge in [-0.3, -0.25) is 4.79 Å². The average Bonchev–Trinajstić information content (AvgIpc) is 2.42. The van der Waals surface area contributed by atoms with E-state index in [-0.39, 0.29) is 5.69 Å². The second kappa shape index (κ2) is 5.92. The third-order valence-corrected chi connectivity index (χ3v) is 3.11. The summed E-state index contributed by atoms with van der Waals surface area (Å²) in [6.07, 6.45) is 0. The van der Waals surface area contributed by atoms with Crippen LogP contribution >= 0.6 is 15.9 Å². The summed E-state index contributed by atoms with van der Waals surface area (Å²) in [5, 5.41) is 11.6. The number of hydrogen-bond acceptors (Lipinski definition) is 3. The van der Waals surface area contributed by atoms with E-state index < -0.39 is 17.5 Å². The highest BCUT2D eigenvalue weighted by atomic mass is 79.9. The van der Waals surface area contributed by atoms with Crippen LogP contribution in [0.5, 0.6) is 11.5 Å². The van der Waals surface area contributed by atoms with Crippen molar-refractivity contribution in [2.24, 2.45) is 0 Å². The van der Waals surface area contributed by atoms with Gasteiger partial charge in [0.25, 0.3) is 5.91 Å². The van der Waals surface area contributed by atoms with Gasteiger partial charge in [0.1, 0.15) is 5.75 Å². The lowest BCUT2D eigenvalue weighted by atomic mass is 10.2. The molecule has 0 bridgehead atoms. The Morgan fingerprint density at radius 2 is 2.05 bits per heavy atom. The van der Waals surface area contributed by atoms with Gasteiger partial charge >= 0.3 is 0 Å². The van der Waals surface area contributed by atoms with E-state index in [4.69, 9.17) is 9.84 Å². The topological polar surface area (TPSA) is 58.6 Å². The molecule has 1 amide bonds. The number of phenolic OH excluding ortho intramolecular Hbond substituents is 1. The molecule has 0 heterocycles. The van der Waals surface area contributed by atoms with Crippen LogP contribution in [0.1, 0.15) is 10.4 Å². The number of phenols is 1. The van der Waals surface area contributed by atoms with Crippen LogP contribution < -0.4 is 10.1 Å². The number of halogens is 2. The van der Waals surface area contributed by atoms with Crippen LogP contribution in [0.2, 0.25) is 0 Å². The molecule has 2 aromatic rings. The number of ether oxygens (including phenoxy) is 1. The van der Waals surface area contributed by atoms with Crippen molar-refractivity contribution in [1.82, 2.24) is 0 Å². The van der Waals surface area contributed by atoms with Crippen molar-refractivity contribution in [1.29, 1.82) is 0 Å². The average molecular weight is 340 g/mol. The Morgan fingerprint density at radius 3 is 2.70 bits per heavy atom. The minimum Gasteiger partial charge on any atom is -0.505 e. The number of carbonyl (C=O) groups excluding carboxylic acids is 1. The van der Waals surface area contributed by atoms with Gasteiger partial charge in [0.15, 0.2) is 11.6 Å². The quantitative estimate of drug-likeness (QED) is 0.840. The van der Waals surface area contributed by atoms with Crippen LogP contribution in [0, 0.1) is 5.82 Å². The van der Waals surface area contributed by atoms with E-state index >= 15 is 0 Å². The normalized spacial score (nSPS) is 10.2. The van der Waals surface area contributed by atoms with E-state index in [1.54, 1.807) is 18.2 Å². The number of aromatic hydroxyl groups is 1. The Labute approximate surface area is 123 Å². The Hall–Kier alpha value is -2.08. The fraction of sp³-hybridized carbons (Fsp3) is 0.0714. The summed E-state index contributed by atoms with van der Waals surface area (Å²) in [7, 11) is 1.46. The Bertz CT molecular complexity index is 661. The van der Waals surface area contributed by atoms with Crippen LogP contribution in [0.4, 0.5) is 10.1 Å². The molecule has 2 rings (SSSR count). The minimum atomic E-state index is -0.800. The molecule has 20 heavy (non-hydrogen) atoms. The van der Waals surface area contributed by atoms with Crippen molar-refractivity contribution in [2.75, 3.05) is 12.4 Å². The number of amides is 1. The molecule has 0 aliphatic carbocycles. The van der Waals surface area contributed by atoms with Crippen molar-refractivity contribution in [3.05, 3.63) is 52.3 Å². The smallest absolute Gasteiger partial charge is 0.259 e. The third-order valence-electron chi connectivity index (χ3n) is 2.61. The van der Waals surface area contributed by atoms with E-state index in [1.807, 2.05) is 0 Å². The minimum absolute atomic E-state index is 0.246. The van der Waals surface area contributed by atoms with Gasteiger partial charge in [0, 0.05) is 16.2 Å². The predicted molar refractivity (Wildman–Crippen MR) is 76.7 cm³/mol. The highest BCUT2D eigenvalue weighted by Gasteiger charge is 2.13. The molecule has 0 saturated heterocycles. The maximum absolute atomic E-state index is 13.2. The second-order valence-electron chi connectivity index (χ2n) is 3.96. The molecule has 104 valence electrons. The number of anilines is 1. The van der Waals surface area contributed by atoms with Crippen LogP contribution in [-0.2, 0) is 0 Å². The summed E-state index contributed by atoms with van der Waals surface area (Å²) >= 11 is 3.28. The molecule has 2 aromatic carbocycles. The fourth-order valence-corrected chi connectivity index (χ4v) is 1.98. The van der Waals surface area contributed by atoms with Crippen LogP contribution in [-0.4, -0.2) is 18.1 Å². The number of rotatable bonds is 3. The molecular weight excluding hydrogens is 329 g/mol. The number of benzene rings is 2. The first-order valence-electron chi connectivity index (χ1n) is 5.64. The molecule has 0 aliphatic rings. The lowest BCUT2D eigenvalue weighted by molar-refractivity contribution is 0.102. The predicted octanol–water partition coefficient (Wildman–Crippen LogP) is 3.55. The summed E-state index contributed by atoms with van der Waals surface area (Å²) in [6.45, 7) is 0. The molecule has 0 fully saturated rings. The molecule has 0 spiro atoms. The third kappa shape index (κ3) is 3.08. The molecular formula is C14H11BrFNO3. The second-order valence-corrected chi connectivity index (χ2v) is 4.88. The maximum Gasteiger partial charge on any atom is 0.259 e. The van der Waals surface area contributed by atoms with Gasteiger partial charge in [-0.2, -0.15) is 0 Å². The highest BCUT2D eigenvalue weighted by Crippen LogP contribution is 2.25. The van der Waals surface area contributed by atoms with Crippen LogP contribution in [0.25, 0.3) is 0 Å². The number of hydrogen-bond donors (Lipinski definition) is 2. The summed E-state index contributed by atoms with van der Waals surface area (Å²) in [5.41, 5.74) is 0.569. The Kier molecular flexibility index (Phi) is 4.24. The van der Waals surface area contributed by atoms with Gasteiger partial charge < -0.3 is 15.2 Å². The van der Waals surface area contributed by atoms with E-state index in [0.29, 0.717) is 11.3 Å². The zero-order chi connectivity index (χ0) is 14.7. The van der Waals surface area contributed by atoms with Crippen molar-refractivity contribution in [2.45, 2.75) is 0 Å². The van der Waals surface area contributed by atoms with Crippen molar-refractivity contribution < 1.29 is 19.0 Å². The van der Waals surface area contributed by atoms with Crippen molar-refractivity contribution >= 4 is 27.5 Å². The van der Waals surface area contributed by atoms with E-state index in [1.165, 1.54) is 19.2 Å². The van der Waals surface area contributed by atoms with Gasteiger partial charge in [0.2, 0.25) is 0 Å². The van der Waals surface area contributed by atoms with Gasteiger partial charge in [0.05, 0.1) is 12.7 Å². The molecule has 0 saturated carbocycles. The Morgan fingerprint density at radius 1 is 1.30 bits per heavy atom. The molecule has 6 heteroatoms. The fourth-order valence-electron chi connectivity index (χ4n) is 1.64. The van der Waals surface area contributed by atoms with Crippen LogP contribution in [0.3, 0.4) is 0 Å². The molecule has 2 N–H and O–H groups in total. The number of carbonyl (C=O) groups is 1. The van der Waals surface area contributed by atoms with E-state index in [9.17, 15) is 9.18 Å². The standard InChI is InChI=1S/C14H11BrFNO3/c1-20-13-6-8(15)2-4-10(13)14(19)17-9-3-5-12(18)11(16)7-9/h2-7,18H,1H3,(H,17,19). The van der Waals surface area contributed by atoms with Crippen LogP contribution in [0.15, 0.2) is 40.9 Å². The van der Waals surface area contributed by atoms with E-state index in [2.05, 4.69) is 21.2 Å². The number of nitrogens with one attached hydrogen (secondary N) is 1. The first kappa shape index (κ1) is 14.3. The van der Waals surface area contributed by atoms with Crippen molar-refractivity contribution in [3.63, 3.8) is 0 Å². The SMILES string of the molecule is COc1cc(Br)ccc1C(=O)Nc1ccc(O)c(F)c1. The largest absolute Gasteiger partial charge is 0.505 e. The highest BCUT2D eigenvalue weighted by molar-refractivity contribution is 9.10. The lowest BCUT2D eigenvalue weighted by Gasteiger charge is -2.10. The zero-order valence-electron chi connectivity index (χ0n) is 10.5. The molecule has 0 unspecified atom stereocenters. The first-order chi connectivity index (χ1) is 9.51. The van der Waals surface area contributed by atoms with Crippen molar-refractivity contribution in [3.8, 4) is 11.5 Å². The molecule has 0 aromatic heterocycles. The van der Waals surface area contributed by atoms with Gasteiger partial charge in [-0.25, -0.2) is 4.39 Å². The lowest BCUT2D eigenvalue weighted by Crippen LogP contribution is -2.13. The molecule has 4 nitrogen and oxygen atoms in total. The van der Waals surface area contributed by atoms with Gasteiger partial charge in [-0.1, -0.05) is 15.9 Å². The summed E-state index contributed by atoms with van der Waals surface area (Å²) in [4.78, 5) is 12.1. The molecule has 0 radical (unpaired) electrons. The summed E-state index contributed by atoms with van der Waals surface area (Å²) in [6, 6.07) is 8.57. The monoisotopic (exact) mass is 339 g/mol. The summed E-state index contributed by atoms with van der Waals surface area (Å²) in [5.74, 6) is -1.30. The summed E-state index contributed by atoms with van der Waals surface area (Å²) < 4.78 is 19.1. The Balaban J connectivity index is 2.25. The zero-order valence-corrected chi connectivity index (χ0v) is 12.1. The molecule has 0 atom stereocenters. The number of methoxy groups -OCH3 is 1. The van der Waals surface area contributed by atoms with Gasteiger partial charge in [-0.15, -0.1) is 0 Å². The molecule has 0 aliphatic heterocycles. The first-order valence-corrected chi connectivity index (χ1v) is 6.44.